The summed E-state index contributed by atoms with van der Waals surface area (Å²) in [6.45, 7) is 5.74. The number of rotatable bonds is 7. The lowest BCUT2D eigenvalue weighted by Crippen LogP contribution is -2.17. The average Bonchev–Trinajstić information content (AvgIpc) is 2.81. The third-order valence-corrected chi connectivity index (χ3v) is 5.37. The first-order valence-electron chi connectivity index (χ1n) is 10.3. The zero-order valence-corrected chi connectivity index (χ0v) is 18.1. The minimum absolute atomic E-state index is 0.0406. The molecular formula is C26H24N2O4. The van der Waals surface area contributed by atoms with E-state index in [1.807, 2.05) is 74.5 Å². The van der Waals surface area contributed by atoms with Gasteiger partial charge in [-0.3, -0.25) is 9.59 Å². The monoisotopic (exact) mass is 428 g/mol. The summed E-state index contributed by atoms with van der Waals surface area (Å²) < 4.78 is 6.37. The lowest BCUT2D eigenvalue weighted by Gasteiger charge is -2.20. The molecule has 3 aromatic carbocycles. The highest BCUT2D eigenvalue weighted by atomic mass is 16.7. The second-order valence-electron chi connectivity index (χ2n) is 7.68. The molecule has 0 saturated carbocycles. The first-order valence-corrected chi connectivity index (χ1v) is 10.3. The van der Waals surface area contributed by atoms with Gasteiger partial charge in [0, 0.05) is 16.7 Å². The molecule has 1 amide bonds. The van der Waals surface area contributed by atoms with Gasteiger partial charge in [0.15, 0.2) is 11.2 Å². The summed E-state index contributed by atoms with van der Waals surface area (Å²) in [6, 6.07) is 20.6. The maximum absolute atomic E-state index is 13.2. The van der Waals surface area contributed by atoms with E-state index in [0.717, 1.165) is 16.7 Å². The van der Waals surface area contributed by atoms with E-state index in [9.17, 15) is 9.59 Å². The van der Waals surface area contributed by atoms with Crippen molar-refractivity contribution in [3.8, 4) is 17.1 Å². The van der Waals surface area contributed by atoms with Crippen LogP contribution in [0.3, 0.4) is 0 Å². The molecule has 4 aromatic rings. The highest BCUT2D eigenvalue weighted by molar-refractivity contribution is 5.84. The molecule has 0 aliphatic carbocycles. The van der Waals surface area contributed by atoms with Crippen LogP contribution in [-0.4, -0.2) is 6.41 Å². The second kappa shape index (κ2) is 8.98. The Morgan fingerprint density at radius 2 is 1.72 bits per heavy atom. The summed E-state index contributed by atoms with van der Waals surface area (Å²) in [7, 11) is 0. The second-order valence-corrected chi connectivity index (χ2v) is 7.68. The van der Waals surface area contributed by atoms with Gasteiger partial charge in [-0.1, -0.05) is 48.5 Å². The van der Waals surface area contributed by atoms with Crippen molar-refractivity contribution < 1.29 is 14.0 Å². The Morgan fingerprint density at radius 3 is 2.47 bits per heavy atom. The molecule has 6 nitrogen and oxygen atoms in total. The summed E-state index contributed by atoms with van der Waals surface area (Å²) in [5.74, 6) is 1.05. The minimum Gasteiger partial charge on any atom is -0.455 e. The molecule has 0 spiro atoms. The van der Waals surface area contributed by atoms with E-state index in [1.165, 1.54) is 0 Å². The van der Waals surface area contributed by atoms with Crippen LogP contribution in [0.4, 0.5) is 5.69 Å². The lowest BCUT2D eigenvalue weighted by molar-refractivity contribution is -0.115. The number of benzene rings is 3. The summed E-state index contributed by atoms with van der Waals surface area (Å²) >= 11 is 0. The Hall–Kier alpha value is -4.06. The van der Waals surface area contributed by atoms with Gasteiger partial charge in [-0.15, -0.1) is 0 Å². The van der Waals surface area contributed by atoms with E-state index in [1.54, 1.807) is 13.0 Å². The molecule has 0 aliphatic rings. The molecule has 1 atom stereocenters. The number of carbonyl (C=O) groups is 1. The van der Waals surface area contributed by atoms with E-state index in [2.05, 4.69) is 10.8 Å². The Kier molecular flexibility index (Phi) is 5.94. The van der Waals surface area contributed by atoms with Crippen LogP contribution in [0.5, 0.6) is 5.75 Å². The fourth-order valence-electron chi connectivity index (χ4n) is 3.83. The fourth-order valence-corrected chi connectivity index (χ4v) is 3.83. The minimum atomic E-state index is -0.215. The highest BCUT2D eigenvalue weighted by Gasteiger charge is 2.19. The smallest absolute Gasteiger partial charge is 0.239 e. The Labute approximate surface area is 185 Å². The third-order valence-electron chi connectivity index (χ3n) is 5.37. The van der Waals surface area contributed by atoms with E-state index >= 15 is 0 Å². The summed E-state index contributed by atoms with van der Waals surface area (Å²) in [6.07, 6.45) is 0.469. The quantitative estimate of drug-likeness (QED) is 0.309. The number of hydrogen-bond acceptors (Lipinski definition) is 5. The number of para-hydroxylation sites is 2. The number of amides is 1. The summed E-state index contributed by atoms with van der Waals surface area (Å²) in [5.41, 5.74) is 6.68. The van der Waals surface area contributed by atoms with Crippen molar-refractivity contribution in [3.05, 3.63) is 93.6 Å². The van der Waals surface area contributed by atoms with Crippen LogP contribution in [0.25, 0.3) is 22.3 Å². The maximum atomic E-state index is 13.2. The molecule has 6 heteroatoms. The molecule has 1 heterocycles. The van der Waals surface area contributed by atoms with Crippen LogP contribution in [0, 0.1) is 13.8 Å². The van der Waals surface area contributed by atoms with Crippen LogP contribution in [0.1, 0.15) is 29.7 Å². The zero-order valence-electron chi connectivity index (χ0n) is 18.1. The highest BCUT2D eigenvalue weighted by Crippen LogP contribution is 2.33. The number of hydrogen-bond donors (Lipinski definition) is 2. The van der Waals surface area contributed by atoms with E-state index in [4.69, 9.17) is 9.25 Å². The van der Waals surface area contributed by atoms with Gasteiger partial charge in [0.1, 0.15) is 11.3 Å². The Morgan fingerprint density at radius 1 is 1.00 bits per heavy atom. The van der Waals surface area contributed by atoms with Gasteiger partial charge >= 0.3 is 0 Å². The molecule has 0 saturated heterocycles. The van der Waals surface area contributed by atoms with Crippen LogP contribution < -0.4 is 21.1 Å². The number of aryl methyl sites for hydroxylation is 1. The number of nitrogens with one attached hydrogen (secondary N) is 2. The van der Waals surface area contributed by atoms with Crippen molar-refractivity contribution in [2.45, 2.75) is 26.8 Å². The molecule has 2 N–H and O–H groups in total. The van der Waals surface area contributed by atoms with E-state index < -0.39 is 0 Å². The molecular weight excluding hydrogens is 404 g/mol. The number of hydroxylamine groups is 1. The summed E-state index contributed by atoms with van der Waals surface area (Å²) in [4.78, 5) is 29.2. The first-order chi connectivity index (χ1) is 15.5. The third kappa shape index (κ3) is 4.07. The molecule has 0 bridgehead atoms. The van der Waals surface area contributed by atoms with Crippen molar-refractivity contribution in [2.24, 2.45) is 0 Å². The molecule has 0 aliphatic heterocycles. The van der Waals surface area contributed by atoms with Gasteiger partial charge in [-0.25, -0.2) is 0 Å². The first kappa shape index (κ1) is 21.2. The van der Waals surface area contributed by atoms with E-state index in [0.29, 0.717) is 40.1 Å². The summed E-state index contributed by atoms with van der Waals surface area (Å²) in [5, 5.41) is 3.96. The van der Waals surface area contributed by atoms with Gasteiger partial charge in [0.05, 0.1) is 17.1 Å². The Bertz CT molecular complexity index is 1330. The maximum Gasteiger partial charge on any atom is 0.239 e. The van der Waals surface area contributed by atoms with Gasteiger partial charge in [0.25, 0.3) is 0 Å². The van der Waals surface area contributed by atoms with Crippen molar-refractivity contribution >= 4 is 23.1 Å². The van der Waals surface area contributed by atoms with Crippen LogP contribution in [-0.2, 0) is 4.79 Å². The molecule has 0 radical (unpaired) electrons. The molecule has 0 unspecified atom stereocenters. The predicted molar refractivity (Wildman–Crippen MR) is 126 cm³/mol. The van der Waals surface area contributed by atoms with Crippen molar-refractivity contribution in [2.75, 3.05) is 5.32 Å². The van der Waals surface area contributed by atoms with Gasteiger partial charge < -0.3 is 14.6 Å². The molecule has 162 valence electrons. The van der Waals surface area contributed by atoms with E-state index in [-0.39, 0.29) is 11.5 Å². The number of fused-ring (bicyclic) bond motifs is 1. The fraction of sp³-hybridized carbons (Fsp3) is 0.154. The normalized spacial score (nSPS) is 11.7. The standard InChI is InChI=1S/C26H24N2O4/c1-16-13-20(18(3)28-22-11-7-8-12-23(22)32-27-15-29)26-21(14-16)24(30)17(2)25(31-26)19-9-5-4-6-10-19/h4-15,18,28H,1-3H3,(H,27,29)/t18-/m1/s1. The molecule has 0 fully saturated rings. The predicted octanol–water partition coefficient (Wildman–Crippen LogP) is 5.29. The number of carbonyl (C=O) groups excluding carboxylic acids is 1. The zero-order chi connectivity index (χ0) is 22.7. The average molecular weight is 428 g/mol. The SMILES string of the molecule is Cc1cc([C@@H](C)Nc2ccccc2ONC=O)c2oc(-c3ccccc3)c(C)c(=O)c2c1. The topological polar surface area (TPSA) is 80.6 Å². The molecule has 32 heavy (non-hydrogen) atoms. The van der Waals surface area contributed by atoms with Crippen molar-refractivity contribution in [3.63, 3.8) is 0 Å². The van der Waals surface area contributed by atoms with Crippen LogP contribution in [0.2, 0.25) is 0 Å². The lowest BCUT2D eigenvalue weighted by atomic mass is 9.99. The largest absolute Gasteiger partial charge is 0.455 e. The number of anilines is 1. The van der Waals surface area contributed by atoms with Gasteiger partial charge in [-0.2, -0.15) is 5.48 Å². The molecule has 4 rings (SSSR count). The van der Waals surface area contributed by atoms with Gasteiger partial charge in [0.2, 0.25) is 6.41 Å². The van der Waals surface area contributed by atoms with Crippen molar-refractivity contribution in [1.82, 2.24) is 5.48 Å². The van der Waals surface area contributed by atoms with Crippen LogP contribution >= 0.6 is 0 Å². The van der Waals surface area contributed by atoms with Crippen LogP contribution in [0.15, 0.2) is 75.9 Å². The molecule has 1 aromatic heterocycles. The Balaban J connectivity index is 1.83. The van der Waals surface area contributed by atoms with Crippen molar-refractivity contribution in [1.29, 1.82) is 0 Å². The van der Waals surface area contributed by atoms with Gasteiger partial charge in [-0.05, 0) is 44.5 Å².